The van der Waals surface area contributed by atoms with Crippen molar-refractivity contribution < 1.29 is 17.6 Å². The highest BCUT2D eigenvalue weighted by molar-refractivity contribution is 7.93. The van der Waals surface area contributed by atoms with Crippen molar-refractivity contribution in [1.29, 1.82) is 0 Å². The topological polar surface area (TPSA) is 0 Å². The van der Waals surface area contributed by atoms with E-state index in [0.717, 1.165) is 56.6 Å². The Labute approximate surface area is 246 Å². The van der Waals surface area contributed by atoms with Crippen LogP contribution in [0.3, 0.4) is 0 Å². The zero-order valence-corrected chi connectivity index (χ0v) is 23.7. The Kier molecular flexibility index (Phi) is 5.54. The minimum absolute atomic E-state index is 0.256. The Morgan fingerprint density at radius 3 is 1.19 bits per heavy atom. The van der Waals surface area contributed by atoms with Gasteiger partial charge in [0, 0.05) is 12.1 Å². The lowest BCUT2D eigenvalue weighted by Crippen LogP contribution is -2.30. The SMILES string of the molecule is C=P(c1cc(F)cc(F)c1)(c1cc(F)cc(F)c1)c1ccc2c(c1)C1(c3ccccc3-c3ccccc31)c1ccccc1-2. The number of halogens is 4. The van der Waals surface area contributed by atoms with Gasteiger partial charge < -0.3 is 0 Å². The van der Waals surface area contributed by atoms with E-state index in [0.29, 0.717) is 5.30 Å². The molecule has 5 heteroatoms. The third-order valence-electron chi connectivity index (χ3n) is 9.00. The molecule has 0 radical (unpaired) electrons. The van der Waals surface area contributed by atoms with Gasteiger partial charge in [-0.25, -0.2) is 17.6 Å². The van der Waals surface area contributed by atoms with E-state index in [-0.39, 0.29) is 10.6 Å². The maximum atomic E-state index is 14.7. The molecule has 208 valence electrons. The summed E-state index contributed by atoms with van der Waals surface area (Å²) in [6.07, 6.45) is 4.57. The highest BCUT2D eigenvalue weighted by Gasteiger charge is 2.51. The van der Waals surface area contributed by atoms with Gasteiger partial charge in [-0.1, -0.05) is 91.2 Å². The molecule has 0 nitrogen and oxygen atoms in total. The molecule has 0 bridgehead atoms. The second kappa shape index (κ2) is 9.17. The Bertz CT molecular complexity index is 2020. The van der Waals surface area contributed by atoms with Gasteiger partial charge in [-0.05, 0) is 97.6 Å². The van der Waals surface area contributed by atoms with Crippen LogP contribution in [0.2, 0.25) is 0 Å². The molecule has 6 aromatic rings. The Morgan fingerprint density at radius 2 is 0.767 bits per heavy atom. The number of benzene rings is 6. The molecule has 0 aromatic heterocycles. The van der Waals surface area contributed by atoms with E-state index in [1.807, 2.05) is 48.5 Å². The maximum absolute atomic E-state index is 14.7. The van der Waals surface area contributed by atoms with Crippen molar-refractivity contribution in [3.05, 3.63) is 173 Å². The summed E-state index contributed by atoms with van der Waals surface area (Å²) in [6, 6.07) is 37.5. The van der Waals surface area contributed by atoms with E-state index >= 15 is 0 Å². The maximum Gasteiger partial charge on any atom is 0.126 e. The lowest BCUT2D eigenvalue weighted by Gasteiger charge is -2.32. The third kappa shape index (κ3) is 3.51. The molecule has 8 rings (SSSR count). The van der Waals surface area contributed by atoms with Crippen LogP contribution < -0.4 is 15.9 Å². The van der Waals surface area contributed by atoms with Gasteiger partial charge in [0.1, 0.15) is 23.3 Å². The zero-order valence-electron chi connectivity index (χ0n) is 22.8. The van der Waals surface area contributed by atoms with Crippen molar-refractivity contribution in [1.82, 2.24) is 0 Å². The van der Waals surface area contributed by atoms with Gasteiger partial charge in [-0.15, -0.1) is 0 Å². The molecule has 0 saturated carbocycles. The van der Waals surface area contributed by atoms with Crippen LogP contribution in [-0.2, 0) is 5.41 Å². The molecule has 0 amide bonds. The summed E-state index contributed by atoms with van der Waals surface area (Å²) < 4.78 is 58.9. The van der Waals surface area contributed by atoms with Crippen LogP contribution in [0.25, 0.3) is 22.3 Å². The Morgan fingerprint density at radius 1 is 0.395 bits per heavy atom. The predicted octanol–water partition coefficient (Wildman–Crippen LogP) is 8.31. The summed E-state index contributed by atoms with van der Waals surface area (Å²) in [5.74, 6) is -3.10. The largest absolute Gasteiger partial charge is 0.207 e. The van der Waals surface area contributed by atoms with Gasteiger partial charge >= 0.3 is 0 Å². The van der Waals surface area contributed by atoms with E-state index in [1.165, 1.54) is 24.3 Å². The average molecular weight is 587 g/mol. The van der Waals surface area contributed by atoms with Crippen LogP contribution in [0.4, 0.5) is 17.6 Å². The van der Waals surface area contributed by atoms with Crippen LogP contribution in [-0.4, -0.2) is 6.30 Å². The third-order valence-corrected chi connectivity index (χ3v) is 12.4. The van der Waals surface area contributed by atoms with Crippen molar-refractivity contribution in [3.8, 4) is 22.3 Å². The van der Waals surface area contributed by atoms with Crippen LogP contribution >= 0.6 is 6.89 Å². The van der Waals surface area contributed by atoms with Gasteiger partial charge in [-0.3, -0.25) is 0 Å². The second-order valence-corrected chi connectivity index (χ2v) is 14.4. The summed E-state index contributed by atoms with van der Waals surface area (Å²) in [7, 11) is 0. The quantitative estimate of drug-likeness (QED) is 0.144. The van der Waals surface area contributed by atoms with Gasteiger partial charge in [0.25, 0.3) is 0 Å². The summed E-state index contributed by atoms with van der Waals surface area (Å²) >= 11 is 0. The van der Waals surface area contributed by atoms with Crippen LogP contribution in [0, 0.1) is 23.3 Å². The number of hydrogen-bond donors (Lipinski definition) is 0. The fraction of sp³-hybridized carbons (Fsp3) is 0.0263. The first-order valence-electron chi connectivity index (χ1n) is 13.9. The van der Waals surface area contributed by atoms with E-state index < -0.39 is 35.6 Å². The summed E-state index contributed by atoms with van der Waals surface area (Å²) in [5, 5.41) is 1.17. The number of rotatable bonds is 3. The smallest absolute Gasteiger partial charge is 0.126 e. The molecule has 6 aromatic carbocycles. The van der Waals surface area contributed by atoms with Gasteiger partial charge in [0.05, 0.1) is 5.41 Å². The first-order valence-corrected chi connectivity index (χ1v) is 15.9. The lowest BCUT2D eigenvalue weighted by atomic mass is 9.70. The van der Waals surface area contributed by atoms with E-state index in [1.54, 1.807) is 0 Å². The minimum Gasteiger partial charge on any atom is -0.207 e. The molecule has 2 aliphatic rings. The molecular formula is C38H23F4P. The van der Waals surface area contributed by atoms with Crippen molar-refractivity contribution in [2.75, 3.05) is 0 Å². The number of fused-ring (bicyclic) bond motifs is 10. The fourth-order valence-corrected chi connectivity index (χ4v) is 10.2. The van der Waals surface area contributed by atoms with Crippen molar-refractivity contribution in [2.45, 2.75) is 5.41 Å². The van der Waals surface area contributed by atoms with Crippen molar-refractivity contribution >= 4 is 29.1 Å². The fourth-order valence-electron chi connectivity index (χ4n) is 7.29. The second-order valence-electron chi connectivity index (χ2n) is 11.2. The van der Waals surface area contributed by atoms with Crippen molar-refractivity contribution in [2.24, 2.45) is 0 Å². The highest BCUT2D eigenvalue weighted by atomic mass is 31.2. The predicted molar refractivity (Wildman–Crippen MR) is 168 cm³/mol. The van der Waals surface area contributed by atoms with Gasteiger partial charge in [-0.2, -0.15) is 0 Å². The monoisotopic (exact) mass is 586 g/mol. The number of hydrogen-bond acceptors (Lipinski definition) is 0. The van der Waals surface area contributed by atoms with E-state index in [4.69, 9.17) is 0 Å². The average Bonchev–Trinajstić information content (AvgIpc) is 3.47. The molecule has 0 fully saturated rings. The van der Waals surface area contributed by atoms with Crippen LogP contribution in [0.15, 0.2) is 127 Å². The first-order chi connectivity index (χ1) is 20.8. The zero-order chi connectivity index (χ0) is 29.5. The normalized spacial score (nSPS) is 13.9. The molecular weight excluding hydrogens is 563 g/mol. The Hall–Kier alpha value is -4.66. The molecule has 0 N–H and O–H groups in total. The molecule has 2 aliphatic carbocycles. The summed E-state index contributed by atoms with van der Waals surface area (Å²) in [6.45, 7) is -3.20. The molecule has 0 heterocycles. The molecule has 0 atom stereocenters. The minimum atomic E-state index is -3.20. The first kappa shape index (κ1) is 26.0. The highest BCUT2D eigenvalue weighted by Crippen LogP contribution is 2.63. The molecule has 43 heavy (non-hydrogen) atoms. The van der Waals surface area contributed by atoms with E-state index in [9.17, 15) is 17.6 Å². The van der Waals surface area contributed by atoms with Crippen molar-refractivity contribution in [3.63, 3.8) is 0 Å². The van der Waals surface area contributed by atoms with E-state index in [2.05, 4.69) is 48.8 Å². The molecule has 0 saturated heterocycles. The molecule has 0 aliphatic heterocycles. The summed E-state index contributed by atoms with van der Waals surface area (Å²) in [5.41, 5.74) is 8.18. The lowest BCUT2D eigenvalue weighted by molar-refractivity contribution is 0.585. The van der Waals surface area contributed by atoms with Gasteiger partial charge in [0.2, 0.25) is 0 Å². The Balaban J connectivity index is 1.49. The molecule has 0 unspecified atom stereocenters. The van der Waals surface area contributed by atoms with Gasteiger partial charge in [0.15, 0.2) is 0 Å². The van der Waals surface area contributed by atoms with Crippen LogP contribution in [0.5, 0.6) is 0 Å². The standard InChI is InChI=1S/C38H23F4P/c1-43(28-18-23(39)16-24(40)19-28,29-20-25(41)17-26(42)21-29)27-14-15-33-32-10-4-7-13-36(32)38(37(33)22-27)34-11-5-2-8-30(34)31-9-3-6-12-35(31)38/h2-22H,1H2. The molecule has 1 spiro atoms. The van der Waals surface area contributed by atoms with Crippen LogP contribution in [0.1, 0.15) is 22.3 Å². The summed E-state index contributed by atoms with van der Waals surface area (Å²) in [4.78, 5) is 0.